The zero-order valence-corrected chi connectivity index (χ0v) is 21.1. The number of hydrogen-bond acceptors (Lipinski definition) is 4. The number of ether oxygens (including phenoxy) is 1. The molecule has 0 N–H and O–H groups in total. The Morgan fingerprint density at radius 2 is 1.57 bits per heavy atom. The van der Waals surface area contributed by atoms with Gasteiger partial charge in [-0.1, -0.05) is 43.9 Å². The summed E-state index contributed by atoms with van der Waals surface area (Å²) in [4.78, 5) is 0. The number of rotatable bonds is 7. The van der Waals surface area contributed by atoms with Crippen LogP contribution in [0, 0.1) is 13.8 Å². The molecular weight excluding hydrogens is 391 g/mol. The van der Waals surface area contributed by atoms with Gasteiger partial charge in [0.1, 0.15) is 6.73 Å². The summed E-state index contributed by atoms with van der Waals surface area (Å²) >= 11 is 0. The first-order valence-corrected chi connectivity index (χ1v) is 14.6. The summed E-state index contributed by atoms with van der Waals surface area (Å²) in [5, 5.41) is 4.71. The average molecular weight is 428 g/mol. The van der Waals surface area contributed by atoms with E-state index in [2.05, 4.69) is 85.4 Å². The van der Waals surface area contributed by atoms with Gasteiger partial charge in [0.05, 0.1) is 16.9 Å². The molecule has 1 saturated heterocycles. The summed E-state index contributed by atoms with van der Waals surface area (Å²) in [5.74, 6) is 0. The van der Waals surface area contributed by atoms with Gasteiger partial charge in [0, 0.05) is 25.9 Å². The first kappa shape index (κ1) is 23.3. The molecule has 1 aliphatic rings. The maximum absolute atomic E-state index is 6.17. The molecule has 5 nitrogen and oxygen atoms in total. The lowest BCUT2D eigenvalue weighted by Crippen LogP contribution is -2.41. The largest absolute Gasteiger partial charge is 0.494 e. The molecule has 0 bridgehead atoms. The van der Waals surface area contributed by atoms with Crippen LogP contribution in [0.5, 0.6) is 0 Å². The molecular formula is C23H37BN2O3Si. The van der Waals surface area contributed by atoms with Crippen LogP contribution in [0.1, 0.15) is 39.1 Å². The van der Waals surface area contributed by atoms with Crippen LogP contribution in [0.25, 0.3) is 11.1 Å². The van der Waals surface area contributed by atoms with Gasteiger partial charge in [-0.25, -0.2) is 4.68 Å². The molecule has 2 heterocycles. The Morgan fingerprint density at radius 3 is 2.10 bits per heavy atom. The Hall–Kier alpha value is -1.41. The second kappa shape index (κ2) is 8.26. The Morgan fingerprint density at radius 1 is 1.00 bits per heavy atom. The quantitative estimate of drug-likeness (QED) is 0.470. The van der Waals surface area contributed by atoms with Crippen molar-refractivity contribution in [1.29, 1.82) is 0 Å². The van der Waals surface area contributed by atoms with E-state index in [4.69, 9.17) is 19.1 Å². The topological polar surface area (TPSA) is 45.5 Å². The van der Waals surface area contributed by atoms with Crippen molar-refractivity contribution in [3.05, 3.63) is 35.7 Å². The van der Waals surface area contributed by atoms with E-state index in [1.54, 1.807) is 0 Å². The number of nitrogens with zero attached hydrogens (tertiary/aromatic N) is 2. The summed E-state index contributed by atoms with van der Waals surface area (Å²) in [6, 6.07) is 9.62. The third kappa shape index (κ3) is 4.90. The minimum Gasteiger partial charge on any atom is -0.399 e. The summed E-state index contributed by atoms with van der Waals surface area (Å²) in [6.07, 6.45) is 0. The number of benzene rings is 1. The summed E-state index contributed by atoms with van der Waals surface area (Å²) in [6.45, 7) is 20.9. The molecule has 0 atom stereocenters. The van der Waals surface area contributed by atoms with Crippen molar-refractivity contribution in [3.63, 3.8) is 0 Å². The lowest BCUT2D eigenvalue weighted by Gasteiger charge is -2.32. The van der Waals surface area contributed by atoms with Crippen molar-refractivity contribution in [3.8, 4) is 11.1 Å². The minimum atomic E-state index is -1.08. The lowest BCUT2D eigenvalue weighted by molar-refractivity contribution is 0.00578. The molecule has 0 saturated carbocycles. The molecule has 30 heavy (non-hydrogen) atoms. The SMILES string of the molecule is Cc1nn(COCC[Si](C)(C)C)c(C)c1-c1ccc(B2OC(C)(C)C(C)(C)O2)cc1. The van der Waals surface area contributed by atoms with E-state index in [9.17, 15) is 0 Å². The minimum absolute atomic E-state index is 0.333. The Bertz CT molecular complexity index is 869. The maximum atomic E-state index is 6.17. The standard InChI is InChI=1S/C23H37BN2O3Si/c1-17-21(18(2)26(25-17)16-27-14-15-30(7,8)9)19-10-12-20(13-11-19)24-28-22(3,4)23(5,6)29-24/h10-13H,14-16H2,1-9H3. The average Bonchev–Trinajstić information content (AvgIpc) is 3.02. The van der Waals surface area contributed by atoms with Crippen LogP contribution in [0.15, 0.2) is 24.3 Å². The molecule has 0 spiro atoms. The number of aromatic nitrogens is 2. The van der Waals surface area contributed by atoms with Crippen LogP contribution in [-0.4, -0.2) is 42.8 Å². The van der Waals surface area contributed by atoms with E-state index in [1.807, 2.05) is 4.68 Å². The fraction of sp³-hybridized carbons (Fsp3) is 0.609. The van der Waals surface area contributed by atoms with E-state index in [0.717, 1.165) is 29.0 Å². The van der Waals surface area contributed by atoms with Crippen molar-refractivity contribution in [2.45, 2.75) is 85.2 Å². The van der Waals surface area contributed by atoms with Crippen molar-refractivity contribution in [2.24, 2.45) is 0 Å². The Balaban J connectivity index is 1.72. The van der Waals surface area contributed by atoms with Crippen molar-refractivity contribution in [2.75, 3.05) is 6.61 Å². The first-order valence-electron chi connectivity index (χ1n) is 10.9. The Kier molecular flexibility index (Phi) is 6.41. The van der Waals surface area contributed by atoms with Crippen LogP contribution in [0.3, 0.4) is 0 Å². The molecule has 164 valence electrons. The highest BCUT2D eigenvalue weighted by molar-refractivity contribution is 6.76. The highest BCUT2D eigenvalue weighted by Crippen LogP contribution is 2.36. The molecule has 1 fully saturated rings. The van der Waals surface area contributed by atoms with Crippen LogP contribution in [-0.2, 0) is 20.8 Å². The molecule has 0 amide bonds. The Labute approximate surface area is 183 Å². The van der Waals surface area contributed by atoms with Gasteiger partial charge in [-0.15, -0.1) is 0 Å². The highest BCUT2D eigenvalue weighted by Gasteiger charge is 2.51. The molecule has 3 rings (SSSR count). The fourth-order valence-electron chi connectivity index (χ4n) is 3.56. The number of hydrogen-bond donors (Lipinski definition) is 0. The van der Waals surface area contributed by atoms with E-state index in [0.29, 0.717) is 6.73 Å². The van der Waals surface area contributed by atoms with Gasteiger partial charge in [-0.3, -0.25) is 0 Å². The molecule has 2 aromatic rings. The zero-order chi connectivity index (χ0) is 22.3. The van der Waals surface area contributed by atoms with Gasteiger partial charge >= 0.3 is 7.12 Å². The molecule has 0 radical (unpaired) electrons. The molecule has 7 heteroatoms. The lowest BCUT2D eigenvalue weighted by atomic mass is 9.78. The van der Waals surface area contributed by atoms with Gasteiger partial charge in [0.15, 0.2) is 0 Å². The molecule has 0 unspecified atom stereocenters. The van der Waals surface area contributed by atoms with Crippen LogP contribution < -0.4 is 5.46 Å². The predicted molar refractivity (Wildman–Crippen MR) is 127 cm³/mol. The van der Waals surface area contributed by atoms with Crippen molar-refractivity contribution < 1.29 is 14.0 Å². The van der Waals surface area contributed by atoms with Crippen LogP contribution >= 0.6 is 0 Å². The number of aryl methyl sites for hydroxylation is 1. The van der Waals surface area contributed by atoms with Crippen LogP contribution in [0.2, 0.25) is 25.7 Å². The smallest absolute Gasteiger partial charge is 0.399 e. The zero-order valence-electron chi connectivity index (χ0n) is 20.1. The third-order valence-corrected chi connectivity index (χ3v) is 8.02. The summed E-state index contributed by atoms with van der Waals surface area (Å²) in [7, 11) is -1.42. The second-order valence-corrected chi connectivity index (χ2v) is 16.2. The van der Waals surface area contributed by atoms with Crippen molar-refractivity contribution >= 4 is 20.7 Å². The summed E-state index contributed by atoms with van der Waals surface area (Å²) < 4.78 is 20.2. The van der Waals surface area contributed by atoms with E-state index in [1.165, 1.54) is 11.6 Å². The fourth-order valence-corrected chi connectivity index (χ4v) is 4.31. The second-order valence-electron chi connectivity index (χ2n) is 10.6. The highest BCUT2D eigenvalue weighted by atomic mass is 28.3. The van der Waals surface area contributed by atoms with E-state index in [-0.39, 0.29) is 18.3 Å². The summed E-state index contributed by atoms with van der Waals surface area (Å²) in [5.41, 5.74) is 4.84. The molecule has 0 aliphatic carbocycles. The maximum Gasteiger partial charge on any atom is 0.494 e. The monoisotopic (exact) mass is 428 g/mol. The van der Waals surface area contributed by atoms with Crippen LogP contribution in [0.4, 0.5) is 0 Å². The van der Waals surface area contributed by atoms with Gasteiger partial charge in [-0.2, -0.15) is 5.10 Å². The molecule has 1 aromatic carbocycles. The van der Waals surface area contributed by atoms with Gasteiger partial charge in [-0.05, 0) is 58.6 Å². The molecule has 1 aromatic heterocycles. The van der Waals surface area contributed by atoms with Gasteiger partial charge in [0.2, 0.25) is 0 Å². The van der Waals surface area contributed by atoms with Gasteiger partial charge in [0.25, 0.3) is 0 Å². The normalized spacial score (nSPS) is 18.2. The third-order valence-electron chi connectivity index (χ3n) is 6.32. The van der Waals surface area contributed by atoms with E-state index < -0.39 is 8.07 Å². The van der Waals surface area contributed by atoms with E-state index >= 15 is 0 Å². The predicted octanol–water partition coefficient (Wildman–Crippen LogP) is 4.78. The van der Waals surface area contributed by atoms with Gasteiger partial charge < -0.3 is 14.0 Å². The first-order chi connectivity index (χ1) is 13.8. The molecule has 1 aliphatic heterocycles. The van der Waals surface area contributed by atoms with Crippen molar-refractivity contribution in [1.82, 2.24) is 9.78 Å².